The minimum Gasteiger partial charge on any atom is -0.480 e. The third kappa shape index (κ3) is 4.04. The molecule has 0 aliphatic heterocycles. The Kier molecular flexibility index (Phi) is 4.90. The predicted molar refractivity (Wildman–Crippen MR) is 81.0 cm³/mol. The van der Waals surface area contributed by atoms with Gasteiger partial charge in [0.2, 0.25) is 5.91 Å². The van der Waals surface area contributed by atoms with Gasteiger partial charge in [0.05, 0.1) is 21.8 Å². The van der Waals surface area contributed by atoms with Crippen molar-refractivity contribution in [1.82, 2.24) is 9.88 Å². The second-order valence-corrected chi connectivity index (χ2v) is 5.54. The Hall–Kier alpha value is -2.39. The van der Waals surface area contributed by atoms with E-state index in [0.717, 1.165) is 20.1 Å². The van der Waals surface area contributed by atoms with Crippen LogP contribution in [0.1, 0.15) is 11.4 Å². The number of thiazole rings is 1. The van der Waals surface area contributed by atoms with Crippen LogP contribution >= 0.6 is 11.3 Å². The number of fused-ring (bicyclic) bond motifs is 1. The lowest BCUT2D eigenvalue weighted by Crippen LogP contribution is -2.36. The van der Waals surface area contributed by atoms with Gasteiger partial charge in [-0.3, -0.25) is 9.59 Å². The van der Waals surface area contributed by atoms with Crippen molar-refractivity contribution in [2.45, 2.75) is 12.8 Å². The number of benzene rings is 1. The summed E-state index contributed by atoms with van der Waals surface area (Å²) < 4.78 is 1.07. The first kappa shape index (κ1) is 15.0. The normalized spacial score (nSPS) is 10.2. The molecule has 108 valence electrons. The zero-order valence-corrected chi connectivity index (χ0v) is 12.1. The van der Waals surface area contributed by atoms with Crippen molar-refractivity contribution >= 4 is 33.4 Å². The molecule has 0 aliphatic carbocycles. The summed E-state index contributed by atoms with van der Waals surface area (Å²) in [5.74, 6) is 0.963. The Morgan fingerprint density at radius 3 is 2.81 bits per heavy atom. The number of carbonyl (C=O) groups is 2. The highest BCUT2D eigenvalue weighted by Gasteiger charge is 2.16. The second kappa shape index (κ2) is 6.86. The van der Waals surface area contributed by atoms with Crippen LogP contribution in [0.5, 0.6) is 0 Å². The highest BCUT2D eigenvalue weighted by Crippen LogP contribution is 2.22. The molecule has 0 atom stereocenters. The van der Waals surface area contributed by atoms with Gasteiger partial charge in [-0.2, -0.15) is 0 Å². The molecule has 0 saturated carbocycles. The lowest BCUT2D eigenvalue weighted by atomic mass is 10.2. The van der Waals surface area contributed by atoms with Gasteiger partial charge in [0.25, 0.3) is 0 Å². The average molecular weight is 302 g/mol. The van der Waals surface area contributed by atoms with Crippen LogP contribution in [-0.2, 0) is 16.0 Å². The van der Waals surface area contributed by atoms with E-state index >= 15 is 0 Å². The van der Waals surface area contributed by atoms with E-state index in [0.29, 0.717) is 6.42 Å². The molecular formula is C15H14N2O3S. The van der Waals surface area contributed by atoms with Crippen LogP contribution in [0.3, 0.4) is 0 Å². The largest absolute Gasteiger partial charge is 0.480 e. The van der Waals surface area contributed by atoms with E-state index in [4.69, 9.17) is 11.5 Å². The van der Waals surface area contributed by atoms with Crippen LogP contribution in [0.25, 0.3) is 10.2 Å². The fraction of sp³-hybridized carbons (Fsp3) is 0.267. The number of hydrogen-bond acceptors (Lipinski definition) is 4. The van der Waals surface area contributed by atoms with Crippen molar-refractivity contribution in [3.8, 4) is 12.3 Å². The van der Waals surface area contributed by atoms with Gasteiger partial charge in [-0.1, -0.05) is 18.1 Å². The summed E-state index contributed by atoms with van der Waals surface area (Å²) in [4.78, 5) is 28.3. The van der Waals surface area contributed by atoms with Crippen molar-refractivity contribution < 1.29 is 14.7 Å². The van der Waals surface area contributed by atoms with Gasteiger partial charge >= 0.3 is 5.97 Å². The van der Waals surface area contributed by atoms with E-state index in [2.05, 4.69) is 10.9 Å². The van der Waals surface area contributed by atoms with Gasteiger partial charge in [-0.15, -0.1) is 17.8 Å². The number of carboxylic acids is 1. The zero-order valence-electron chi connectivity index (χ0n) is 11.3. The fourth-order valence-electron chi connectivity index (χ4n) is 1.90. The Balaban J connectivity index is 1.98. The topological polar surface area (TPSA) is 70.5 Å². The van der Waals surface area contributed by atoms with Crippen LogP contribution in [0.2, 0.25) is 0 Å². The first-order valence-corrected chi connectivity index (χ1v) is 7.19. The molecule has 1 N–H and O–H groups in total. The van der Waals surface area contributed by atoms with E-state index in [-0.39, 0.29) is 25.4 Å². The van der Waals surface area contributed by atoms with E-state index in [1.807, 2.05) is 24.3 Å². The smallest absolute Gasteiger partial charge is 0.323 e. The van der Waals surface area contributed by atoms with Crippen molar-refractivity contribution in [3.05, 3.63) is 29.3 Å². The number of aryl methyl sites for hydroxylation is 1. The first-order valence-electron chi connectivity index (χ1n) is 6.37. The molecule has 5 nitrogen and oxygen atoms in total. The summed E-state index contributed by atoms with van der Waals surface area (Å²) in [6.07, 6.45) is 5.84. The van der Waals surface area contributed by atoms with Gasteiger partial charge in [-0.25, -0.2) is 4.98 Å². The monoisotopic (exact) mass is 302 g/mol. The molecule has 0 saturated heterocycles. The lowest BCUT2D eigenvalue weighted by molar-refractivity contribution is -0.144. The number of carboxylic acid groups (broad SMARTS) is 1. The number of rotatable bonds is 6. The van der Waals surface area contributed by atoms with Crippen molar-refractivity contribution in [1.29, 1.82) is 0 Å². The number of terminal acetylenes is 1. The minimum absolute atomic E-state index is 0.00494. The molecule has 6 heteroatoms. The summed E-state index contributed by atoms with van der Waals surface area (Å²) in [6, 6.07) is 7.76. The molecule has 2 rings (SSSR count). The molecule has 0 unspecified atom stereocenters. The Labute approximate surface area is 126 Å². The SMILES string of the molecule is C#CCN(CC(=O)O)C(=O)CCc1nc2ccccc2s1. The quantitative estimate of drug-likeness (QED) is 0.826. The maximum atomic E-state index is 12.0. The van der Waals surface area contributed by atoms with Crippen LogP contribution in [0, 0.1) is 12.3 Å². The third-order valence-corrected chi connectivity index (χ3v) is 3.95. The number of nitrogens with zero attached hydrogens (tertiary/aromatic N) is 2. The van der Waals surface area contributed by atoms with Gasteiger partial charge in [0.1, 0.15) is 6.54 Å². The molecule has 0 radical (unpaired) electrons. The summed E-state index contributed by atoms with van der Waals surface area (Å²) in [5.41, 5.74) is 0.913. The molecule has 1 amide bonds. The van der Waals surface area contributed by atoms with Gasteiger partial charge < -0.3 is 10.0 Å². The van der Waals surface area contributed by atoms with Crippen molar-refractivity contribution in [2.24, 2.45) is 0 Å². The van der Waals surface area contributed by atoms with E-state index in [1.165, 1.54) is 11.3 Å². The number of hydrogen-bond donors (Lipinski definition) is 1. The van der Waals surface area contributed by atoms with Crippen molar-refractivity contribution in [2.75, 3.05) is 13.1 Å². The fourth-order valence-corrected chi connectivity index (χ4v) is 2.87. The number of carbonyl (C=O) groups excluding carboxylic acids is 1. The molecule has 0 spiro atoms. The molecule has 1 aromatic heterocycles. The Morgan fingerprint density at radius 2 is 2.14 bits per heavy atom. The number of aliphatic carboxylic acids is 1. The molecule has 1 heterocycles. The highest BCUT2D eigenvalue weighted by molar-refractivity contribution is 7.18. The number of aromatic nitrogens is 1. The predicted octanol–water partition coefficient (Wildman–Crippen LogP) is 1.78. The molecule has 21 heavy (non-hydrogen) atoms. The summed E-state index contributed by atoms with van der Waals surface area (Å²) in [6.45, 7) is -0.367. The minimum atomic E-state index is -1.07. The Bertz CT molecular complexity index is 669. The third-order valence-electron chi connectivity index (χ3n) is 2.85. The van der Waals surface area contributed by atoms with Crippen LogP contribution in [0.4, 0.5) is 0 Å². The maximum Gasteiger partial charge on any atom is 0.323 e. The van der Waals surface area contributed by atoms with Gasteiger partial charge in [-0.05, 0) is 12.1 Å². The molecule has 0 bridgehead atoms. The van der Waals surface area contributed by atoms with Gasteiger partial charge in [0, 0.05) is 12.8 Å². The number of para-hydroxylation sites is 1. The van der Waals surface area contributed by atoms with E-state index in [1.54, 1.807) is 0 Å². The van der Waals surface area contributed by atoms with E-state index < -0.39 is 5.97 Å². The van der Waals surface area contributed by atoms with E-state index in [9.17, 15) is 9.59 Å². The Morgan fingerprint density at radius 1 is 1.38 bits per heavy atom. The summed E-state index contributed by atoms with van der Waals surface area (Å²) >= 11 is 1.54. The molecule has 2 aromatic rings. The molecule has 1 aromatic carbocycles. The molecular weight excluding hydrogens is 288 g/mol. The van der Waals surface area contributed by atoms with Gasteiger partial charge in [0.15, 0.2) is 0 Å². The summed E-state index contributed by atoms with van der Waals surface area (Å²) in [5, 5.41) is 9.63. The van der Waals surface area contributed by atoms with Crippen LogP contribution < -0.4 is 0 Å². The highest BCUT2D eigenvalue weighted by atomic mass is 32.1. The molecule has 0 aliphatic rings. The summed E-state index contributed by atoms with van der Waals surface area (Å²) in [7, 11) is 0. The molecule has 0 fully saturated rings. The standard InChI is InChI=1S/C15H14N2O3S/c1-2-9-17(10-15(19)20)14(18)8-7-13-16-11-5-3-4-6-12(11)21-13/h1,3-6H,7-10H2,(H,19,20). The maximum absolute atomic E-state index is 12.0. The van der Waals surface area contributed by atoms with Crippen LogP contribution in [-0.4, -0.2) is 40.0 Å². The first-order chi connectivity index (χ1) is 10.1. The second-order valence-electron chi connectivity index (χ2n) is 4.42. The van der Waals surface area contributed by atoms with Crippen LogP contribution in [0.15, 0.2) is 24.3 Å². The average Bonchev–Trinajstić information content (AvgIpc) is 2.86. The van der Waals surface area contributed by atoms with Crippen molar-refractivity contribution in [3.63, 3.8) is 0 Å². The zero-order chi connectivity index (χ0) is 15.2. The lowest BCUT2D eigenvalue weighted by Gasteiger charge is -2.17. The number of amides is 1.